The minimum atomic E-state index is -0.0357. The summed E-state index contributed by atoms with van der Waals surface area (Å²) in [6.07, 6.45) is 2.16. The lowest BCUT2D eigenvalue weighted by atomic mass is 10.5. The second-order valence-electron chi connectivity index (χ2n) is 4.66. The van der Waals surface area contributed by atoms with Crippen LogP contribution in [-0.2, 0) is 0 Å². The van der Waals surface area contributed by atoms with E-state index in [4.69, 9.17) is 10.5 Å². The van der Waals surface area contributed by atoms with Gasteiger partial charge in [0.2, 0.25) is 16.3 Å². The van der Waals surface area contributed by atoms with Crippen LogP contribution in [0.4, 0.5) is 5.95 Å². The van der Waals surface area contributed by atoms with Crippen molar-refractivity contribution in [2.75, 3.05) is 5.73 Å². The van der Waals surface area contributed by atoms with E-state index < -0.39 is 0 Å². The van der Waals surface area contributed by atoms with Crippen molar-refractivity contribution in [2.45, 2.75) is 49.1 Å². The van der Waals surface area contributed by atoms with Crippen molar-refractivity contribution in [3.05, 3.63) is 0 Å². The maximum Gasteiger partial charge on any atom is 0.322 e. The number of nitrogens with two attached hydrogens (primary N) is 1. The highest BCUT2D eigenvalue weighted by molar-refractivity contribution is 7.99. The standard InChI is InChI=1S/C10H14N8OS/c1-5(2)19-8-12-7(11)13-9(14-8)20-10-15-16-17-18(10)6-3-4-6/h5-6H,3-4H2,1-2H3,(H2,11,12,13,14). The van der Waals surface area contributed by atoms with Gasteiger partial charge in [-0.2, -0.15) is 15.0 Å². The molecule has 0 spiro atoms. The van der Waals surface area contributed by atoms with Gasteiger partial charge in [-0.3, -0.25) is 0 Å². The second-order valence-corrected chi connectivity index (χ2v) is 5.60. The molecule has 20 heavy (non-hydrogen) atoms. The minimum Gasteiger partial charge on any atom is -0.461 e. The van der Waals surface area contributed by atoms with Crippen LogP contribution in [0.2, 0.25) is 0 Å². The van der Waals surface area contributed by atoms with Crippen molar-refractivity contribution in [1.82, 2.24) is 35.2 Å². The zero-order valence-corrected chi connectivity index (χ0v) is 11.9. The molecule has 1 aliphatic rings. The molecule has 0 atom stereocenters. The molecule has 0 unspecified atom stereocenters. The lowest BCUT2D eigenvalue weighted by Gasteiger charge is -2.08. The molecule has 106 valence electrons. The summed E-state index contributed by atoms with van der Waals surface area (Å²) in [7, 11) is 0. The van der Waals surface area contributed by atoms with Gasteiger partial charge in [0.25, 0.3) is 0 Å². The first kappa shape index (κ1) is 13.0. The number of nitrogen functional groups attached to an aromatic ring is 1. The fraction of sp³-hybridized carbons (Fsp3) is 0.600. The largest absolute Gasteiger partial charge is 0.461 e. The Morgan fingerprint density at radius 3 is 2.80 bits per heavy atom. The van der Waals surface area contributed by atoms with Crippen molar-refractivity contribution in [2.24, 2.45) is 0 Å². The first-order chi connectivity index (χ1) is 9.61. The van der Waals surface area contributed by atoms with Crippen LogP contribution >= 0.6 is 11.8 Å². The number of tetrazole rings is 1. The van der Waals surface area contributed by atoms with Gasteiger partial charge < -0.3 is 10.5 Å². The van der Waals surface area contributed by atoms with Crippen molar-refractivity contribution in [3.8, 4) is 6.01 Å². The number of hydrogen-bond donors (Lipinski definition) is 1. The van der Waals surface area contributed by atoms with E-state index in [2.05, 4.69) is 30.5 Å². The predicted octanol–water partition coefficient (Wildman–Crippen LogP) is 0.714. The highest BCUT2D eigenvalue weighted by atomic mass is 32.2. The van der Waals surface area contributed by atoms with Gasteiger partial charge in [0, 0.05) is 0 Å². The molecule has 3 rings (SSSR count). The summed E-state index contributed by atoms with van der Waals surface area (Å²) < 4.78 is 7.22. The fourth-order valence-electron chi connectivity index (χ4n) is 1.54. The van der Waals surface area contributed by atoms with Gasteiger partial charge in [0.05, 0.1) is 12.1 Å². The quantitative estimate of drug-likeness (QED) is 0.850. The number of nitrogens with zero attached hydrogens (tertiary/aromatic N) is 7. The van der Waals surface area contributed by atoms with Crippen molar-refractivity contribution >= 4 is 17.7 Å². The van der Waals surface area contributed by atoms with Crippen molar-refractivity contribution < 1.29 is 4.74 Å². The maximum atomic E-state index is 5.66. The summed E-state index contributed by atoms with van der Waals surface area (Å²) >= 11 is 1.25. The Kier molecular flexibility index (Phi) is 3.38. The molecule has 9 nitrogen and oxygen atoms in total. The molecule has 0 aromatic carbocycles. The van der Waals surface area contributed by atoms with E-state index in [0.717, 1.165) is 12.8 Å². The van der Waals surface area contributed by atoms with Gasteiger partial charge in [-0.25, -0.2) is 4.68 Å². The van der Waals surface area contributed by atoms with Crippen LogP contribution in [0.3, 0.4) is 0 Å². The molecule has 1 saturated carbocycles. The number of aromatic nitrogens is 7. The summed E-state index contributed by atoms with van der Waals surface area (Å²) in [5.41, 5.74) is 5.66. The zero-order valence-electron chi connectivity index (χ0n) is 11.1. The third-order valence-electron chi connectivity index (χ3n) is 2.49. The van der Waals surface area contributed by atoms with Gasteiger partial charge in [-0.15, -0.1) is 5.10 Å². The number of hydrogen-bond acceptors (Lipinski definition) is 9. The highest BCUT2D eigenvalue weighted by Gasteiger charge is 2.28. The normalized spacial score (nSPS) is 14.8. The number of anilines is 1. The van der Waals surface area contributed by atoms with Crippen LogP contribution in [0.25, 0.3) is 0 Å². The molecule has 0 aliphatic heterocycles. The number of ether oxygens (including phenoxy) is 1. The molecular formula is C10H14N8OS. The molecule has 10 heteroatoms. The molecule has 1 fully saturated rings. The molecule has 2 N–H and O–H groups in total. The zero-order chi connectivity index (χ0) is 14.1. The SMILES string of the molecule is CC(C)Oc1nc(N)nc(Sc2nnnn2C2CC2)n1. The van der Waals surface area contributed by atoms with Crippen LogP contribution in [-0.4, -0.2) is 41.3 Å². The lowest BCUT2D eigenvalue weighted by Crippen LogP contribution is -2.11. The first-order valence-electron chi connectivity index (χ1n) is 6.26. The first-order valence-corrected chi connectivity index (χ1v) is 7.07. The molecule has 0 amide bonds. The molecule has 0 bridgehead atoms. The smallest absolute Gasteiger partial charge is 0.322 e. The van der Waals surface area contributed by atoms with Crippen LogP contribution in [0, 0.1) is 0 Å². The van der Waals surface area contributed by atoms with Gasteiger partial charge >= 0.3 is 6.01 Å². The van der Waals surface area contributed by atoms with E-state index in [1.807, 2.05) is 13.8 Å². The van der Waals surface area contributed by atoms with Gasteiger partial charge in [0.1, 0.15) is 0 Å². The van der Waals surface area contributed by atoms with Crippen LogP contribution < -0.4 is 10.5 Å². The topological polar surface area (TPSA) is 118 Å². The van der Waals surface area contributed by atoms with Gasteiger partial charge in [0.15, 0.2) is 0 Å². The summed E-state index contributed by atoms with van der Waals surface area (Å²) in [5, 5.41) is 12.7. The highest BCUT2D eigenvalue weighted by Crippen LogP contribution is 2.37. The van der Waals surface area contributed by atoms with Crippen molar-refractivity contribution in [1.29, 1.82) is 0 Å². The summed E-state index contributed by atoms with van der Waals surface area (Å²) in [6, 6.07) is 0.596. The van der Waals surface area contributed by atoms with Gasteiger partial charge in [-0.1, -0.05) is 0 Å². The fourth-order valence-corrected chi connectivity index (χ4v) is 2.33. The monoisotopic (exact) mass is 294 g/mol. The Hall–Kier alpha value is -1.97. The third kappa shape index (κ3) is 2.95. The van der Waals surface area contributed by atoms with E-state index in [-0.39, 0.29) is 18.1 Å². The average molecular weight is 294 g/mol. The molecule has 2 aromatic heterocycles. The Labute approximate surface area is 119 Å². The average Bonchev–Trinajstić information content (AvgIpc) is 3.09. The predicted molar refractivity (Wildman–Crippen MR) is 70.2 cm³/mol. The molecule has 2 aromatic rings. The summed E-state index contributed by atoms with van der Waals surface area (Å²) in [6.45, 7) is 3.78. The van der Waals surface area contributed by atoms with Crippen LogP contribution in [0.5, 0.6) is 6.01 Å². The minimum absolute atomic E-state index is 0.0357. The van der Waals surface area contributed by atoms with E-state index in [1.165, 1.54) is 11.8 Å². The maximum absolute atomic E-state index is 5.66. The summed E-state index contributed by atoms with van der Waals surface area (Å²) in [4.78, 5) is 12.2. The molecule has 1 aliphatic carbocycles. The Morgan fingerprint density at radius 1 is 1.30 bits per heavy atom. The second kappa shape index (κ2) is 5.19. The Balaban J connectivity index is 1.82. The molecular weight excluding hydrogens is 280 g/mol. The van der Waals surface area contributed by atoms with Crippen LogP contribution in [0.15, 0.2) is 10.3 Å². The molecule has 0 radical (unpaired) electrons. The van der Waals surface area contributed by atoms with E-state index in [9.17, 15) is 0 Å². The number of rotatable bonds is 5. The Bertz CT molecular complexity index is 611. The molecule has 0 saturated heterocycles. The lowest BCUT2D eigenvalue weighted by molar-refractivity contribution is 0.219. The summed E-state index contributed by atoms with van der Waals surface area (Å²) in [5.74, 6) is 0.114. The van der Waals surface area contributed by atoms with Gasteiger partial charge in [-0.05, 0) is 48.9 Å². The van der Waals surface area contributed by atoms with Crippen LogP contribution in [0.1, 0.15) is 32.7 Å². The molecule has 2 heterocycles. The third-order valence-corrected chi connectivity index (χ3v) is 3.31. The van der Waals surface area contributed by atoms with E-state index >= 15 is 0 Å². The van der Waals surface area contributed by atoms with E-state index in [1.54, 1.807) is 4.68 Å². The Morgan fingerprint density at radius 2 is 2.10 bits per heavy atom. The van der Waals surface area contributed by atoms with E-state index in [0.29, 0.717) is 16.4 Å². The van der Waals surface area contributed by atoms with Crippen molar-refractivity contribution in [3.63, 3.8) is 0 Å².